The van der Waals surface area contributed by atoms with Gasteiger partial charge in [0.2, 0.25) is 0 Å². The molecule has 1 fully saturated rings. The number of nitrogens with zero attached hydrogens (tertiary/aromatic N) is 2. The van der Waals surface area contributed by atoms with E-state index in [2.05, 4.69) is 15.7 Å². The summed E-state index contributed by atoms with van der Waals surface area (Å²) in [5.41, 5.74) is -0.257. The van der Waals surface area contributed by atoms with Crippen molar-refractivity contribution in [3.05, 3.63) is 12.3 Å². The SMILES string of the molecule is C[NH+](CC(=O)Nc1ccnn1C1CCCC1)CC(=O)NC(C)(C)C. The molecule has 0 aromatic carbocycles. The predicted molar refractivity (Wildman–Crippen MR) is 92.9 cm³/mol. The van der Waals surface area contributed by atoms with Crippen molar-refractivity contribution in [2.75, 3.05) is 25.5 Å². The monoisotopic (exact) mass is 336 g/mol. The number of hydrogen-bond acceptors (Lipinski definition) is 3. The highest BCUT2D eigenvalue weighted by atomic mass is 16.2. The van der Waals surface area contributed by atoms with Crippen molar-refractivity contribution in [2.45, 2.75) is 58.0 Å². The van der Waals surface area contributed by atoms with E-state index in [1.165, 1.54) is 12.8 Å². The van der Waals surface area contributed by atoms with Crippen LogP contribution in [0.15, 0.2) is 12.3 Å². The van der Waals surface area contributed by atoms with Gasteiger partial charge < -0.3 is 15.5 Å². The number of aromatic nitrogens is 2. The number of carbonyl (C=O) groups excluding carboxylic acids is 2. The van der Waals surface area contributed by atoms with Gasteiger partial charge in [0.25, 0.3) is 11.8 Å². The summed E-state index contributed by atoms with van der Waals surface area (Å²) >= 11 is 0. The average Bonchev–Trinajstić information content (AvgIpc) is 3.05. The van der Waals surface area contributed by atoms with Crippen LogP contribution in [0.4, 0.5) is 5.82 Å². The largest absolute Gasteiger partial charge is 0.347 e. The molecule has 1 unspecified atom stereocenters. The van der Waals surface area contributed by atoms with E-state index in [9.17, 15) is 9.59 Å². The van der Waals surface area contributed by atoms with Crippen molar-refractivity contribution in [3.8, 4) is 0 Å². The standard InChI is InChI=1S/C17H29N5O2/c1-17(2,3)20-16(24)12-21(4)11-15(23)19-14-9-10-18-22(14)13-7-5-6-8-13/h9-10,13H,5-8,11-12H2,1-4H3,(H,19,23)(H,20,24)/p+1. The summed E-state index contributed by atoms with van der Waals surface area (Å²) in [6, 6.07) is 2.22. The molecule has 0 bridgehead atoms. The van der Waals surface area contributed by atoms with Crippen LogP contribution in [-0.4, -0.2) is 47.3 Å². The first-order valence-electron chi connectivity index (χ1n) is 8.70. The molecule has 3 N–H and O–H groups in total. The molecule has 134 valence electrons. The first kappa shape index (κ1) is 18.4. The van der Waals surface area contributed by atoms with Gasteiger partial charge in [-0.2, -0.15) is 5.10 Å². The zero-order valence-electron chi connectivity index (χ0n) is 15.2. The Balaban J connectivity index is 1.83. The molecule has 7 nitrogen and oxygen atoms in total. The molecule has 0 saturated heterocycles. The molecule has 1 aliphatic carbocycles. The third-order valence-corrected chi connectivity index (χ3v) is 4.05. The van der Waals surface area contributed by atoms with Gasteiger partial charge >= 0.3 is 0 Å². The van der Waals surface area contributed by atoms with Crippen molar-refractivity contribution in [1.82, 2.24) is 15.1 Å². The van der Waals surface area contributed by atoms with Crippen LogP contribution >= 0.6 is 0 Å². The van der Waals surface area contributed by atoms with Crippen LogP contribution in [0.3, 0.4) is 0 Å². The summed E-state index contributed by atoms with van der Waals surface area (Å²) in [6.45, 7) is 6.34. The van der Waals surface area contributed by atoms with Crippen LogP contribution < -0.4 is 15.5 Å². The lowest BCUT2D eigenvalue weighted by Crippen LogP contribution is -3.11. The van der Waals surface area contributed by atoms with E-state index in [-0.39, 0.29) is 30.4 Å². The summed E-state index contributed by atoms with van der Waals surface area (Å²) in [5.74, 6) is 0.596. The number of hydrogen-bond donors (Lipinski definition) is 3. The molecule has 1 aliphatic rings. The van der Waals surface area contributed by atoms with Crippen LogP contribution in [0, 0.1) is 0 Å². The van der Waals surface area contributed by atoms with E-state index in [0.29, 0.717) is 6.04 Å². The lowest BCUT2D eigenvalue weighted by atomic mass is 10.1. The summed E-state index contributed by atoms with van der Waals surface area (Å²) in [4.78, 5) is 25.0. The molecule has 1 saturated carbocycles. The Kier molecular flexibility index (Phi) is 5.99. The highest BCUT2D eigenvalue weighted by molar-refractivity contribution is 5.90. The molecule has 0 spiro atoms. The molecule has 2 amide bonds. The Labute approximate surface area is 143 Å². The number of likely N-dealkylation sites (N-methyl/N-ethyl adjacent to an activating group) is 1. The molecule has 24 heavy (non-hydrogen) atoms. The number of quaternary nitrogens is 1. The van der Waals surface area contributed by atoms with Crippen molar-refractivity contribution in [2.24, 2.45) is 0 Å². The van der Waals surface area contributed by atoms with E-state index in [1.54, 1.807) is 6.20 Å². The Morgan fingerprint density at radius 2 is 1.88 bits per heavy atom. The maximum absolute atomic E-state index is 12.2. The van der Waals surface area contributed by atoms with E-state index >= 15 is 0 Å². The van der Waals surface area contributed by atoms with Crippen LogP contribution in [0.25, 0.3) is 0 Å². The molecule has 1 atom stereocenters. The zero-order chi connectivity index (χ0) is 17.7. The normalized spacial score (nSPS) is 16.8. The molecule has 1 aromatic heterocycles. The van der Waals surface area contributed by atoms with Gasteiger partial charge in [0, 0.05) is 11.6 Å². The maximum atomic E-state index is 12.2. The second kappa shape index (κ2) is 7.79. The van der Waals surface area contributed by atoms with Crippen molar-refractivity contribution in [3.63, 3.8) is 0 Å². The topological polar surface area (TPSA) is 80.5 Å². The van der Waals surface area contributed by atoms with Crippen molar-refractivity contribution >= 4 is 17.6 Å². The Morgan fingerprint density at radius 3 is 2.50 bits per heavy atom. The second-order valence-corrected chi connectivity index (χ2v) is 7.76. The first-order chi connectivity index (χ1) is 11.2. The van der Waals surface area contributed by atoms with Crippen LogP contribution in [-0.2, 0) is 9.59 Å². The van der Waals surface area contributed by atoms with E-state index in [0.717, 1.165) is 23.6 Å². The fourth-order valence-corrected chi connectivity index (χ4v) is 3.11. The lowest BCUT2D eigenvalue weighted by Gasteiger charge is -2.22. The zero-order valence-corrected chi connectivity index (χ0v) is 15.2. The maximum Gasteiger partial charge on any atom is 0.280 e. The quantitative estimate of drug-likeness (QED) is 0.702. The minimum atomic E-state index is -0.257. The van der Waals surface area contributed by atoms with Crippen molar-refractivity contribution in [1.29, 1.82) is 0 Å². The van der Waals surface area contributed by atoms with Crippen molar-refractivity contribution < 1.29 is 14.5 Å². The van der Waals surface area contributed by atoms with Gasteiger partial charge in [-0.25, -0.2) is 4.68 Å². The Hall–Kier alpha value is -1.89. The van der Waals surface area contributed by atoms with Gasteiger partial charge in [-0.1, -0.05) is 12.8 Å². The highest BCUT2D eigenvalue weighted by Crippen LogP contribution is 2.31. The van der Waals surface area contributed by atoms with Gasteiger partial charge in [0.15, 0.2) is 13.1 Å². The molecule has 2 rings (SSSR count). The molecule has 7 heteroatoms. The fraction of sp³-hybridized carbons (Fsp3) is 0.706. The van der Waals surface area contributed by atoms with Gasteiger partial charge in [-0.3, -0.25) is 9.59 Å². The third-order valence-electron chi connectivity index (χ3n) is 4.05. The summed E-state index contributed by atoms with van der Waals surface area (Å²) in [5, 5.41) is 10.2. The molecular formula is C17H30N5O2+. The molecule has 0 radical (unpaired) electrons. The van der Waals surface area contributed by atoms with Gasteiger partial charge in [-0.05, 0) is 33.6 Å². The number of nitrogens with one attached hydrogen (secondary N) is 3. The number of anilines is 1. The number of carbonyl (C=O) groups is 2. The minimum absolute atomic E-state index is 0.0520. The van der Waals surface area contributed by atoms with Crippen LogP contribution in [0.2, 0.25) is 0 Å². The minimum Gasteiger partial charge on any atom is -0.347 e. The van der Waals surface area contributed by atoms with Gasteiger partial charge in [-0.15, -0.1) is 0 Å². The van der Waals surface area contributed by atoms with Gasteiger partial charge in [0.1, 0.15) is 5.82 Å². The highest BCUT2D eigenvalue weighted by Gasteiger charge is 2.22. The first-order valence-corrected chi connectivity index (χ1v) is 8.70. The Morgan fingerprint density at radius 1 is 1.25 bits per heavy atom. The van der Waals surface area contributed by atoms with Crippen LogP contribution in [0.5, 0.6) is 0 Å². The third kappa shape index (κ3) is 5.63. The molecule has 1 aromatic rings. The average molecular weight is 336 g/mol. The summed E-state index contributed by atoms with van der Waals surface area (Å²) in [6.07, 6.45) is 6.38. The number of amides is 2. The van der Waals surface area contributed by atoms with E-state index in [4.69, 9.17) is 0 Å². The molecular weight excluding hydrogens is 306 g/mol. The van der Waals surface area contributed by atoms with Gasteiger partial charge in [0.05, 0.1) is 19.3 Å². The summed E-state index contributed by atoms with van der Waals surface area (Å²) < 4.78 is 1.92. The molecule has 0 aliphatic heterocycles. The second-order valence-electron chi connectivity index (χ2n) is 7.76. The molecule has 1 heterocycles. The lowest BCUT2D eigenvalue weighted by molar-refractivity contribution is -0.862. The van der Waals surface area contributed by atoms with Crippen LogP contribution in [0.1, 0.15) is 52.5 Å². The fourth-order valence-electron chi connectivity index (χ4n) is 3.11. The van der Waals surface area contributed by atoms with E-state index < -0.39 is 0 Å². The van der Waals surface area contributed by atoms with E-state index in [1.807, 2.05) is 38.6 Å². The smallest absolute Gasteiger partial charge is 0.280 e. The summed E-state index contributed by atoms with van der Waals surface area (Å²) in [7, 11) is 1.84. The predicted octanol–water partition coefficient (Wildman–Crippen LogP) is 0.366. The number of rotatable bonds is 6. The Bertz CT molecular complexity index is 570.